The Balaban J connectivity index is 2.34. The molecule has 176 valence electrons. The molecule has 0 amide bonds. The van der Waals surface area contributed by atoms with Crippen LogP contribution in [-0.2, 0) is 24.5 Å². The number of esters is 2. The van der Waals surface area contributed by atoms with Crippen molar-refractivity contribution in [3.05, 3.63) is 108 Å². The van der Waals surface area contributed by atoms with Crippen LogP contribution in [0.25, 0.3) is 0 Å². The molecule has 0 fully saturated rings. The maximum absolute atomic E-state index is 13.7. The topological polar surface area (TPSA) is 65.0 Å². The van der Waals surface area contributed by atoms with E-state index in [-0.39, 0.29) is 12.8 Å². The maximum Gasteiger partial charge on any atom is 0.334 e. The van der Waals surface area contributed by atoms with Crippen LogP contribution in [0.2, 0.25) is 0 Å². The number of carbonyl (C=O) groups excluding carboxylic acids is 2. The number of nitrogens with zero attached hydrogens (tertiary/aromatic N) is 1. The predicted molar refractivity (Wildman–Crippen MR) is 134 cm³/mol. The number of methoxy groups -OCH3 is 2. The number of hydrogen-bond acceptors (Lipinski definition) is 5. The molecule has 1 atom stereocenters. The number of benzene rings is 3. The Morgan fingerprint density at radius 1 is 0.735 bits per heavy atom. The van der Waals surface area contributed by atoms with Crippen LogP contribution in [0.3, 0.4) is 0 Å². The zero-order valence-corrected chi connectivity index (χ0v) is 20.2. The molecule has 0 aliphatic heterocycles. The monoisotopic (exact) mass is 457 g/mol. The van der Waals surface area contributed by atoms with Gasteiger partial charge in [-0.2, -0.15) is 0 Å². The van der Waals surface area contributed by atoms with Gasteiger partial charge in [-0.3, -0.25) is 9.79 Å². The third-order valence-electron chi connectivity index (χ3n) is 6.37. The SMILES string of the molecule is COC(=O)CCC(N=C(c1ccccc1)c1ccccc1)(C(=O)OC)C(C)(C)c1ccccc1. The van der Waals surface area contributed by atoms with Crippen molar-refractivity contribution in [3.63, 3.8) is 0 Å². The molecule has 0 bridgehead atoms. The van der Waals surface area contributed by atoms with Crippen molar-refractivity contribution in [2.24, 2.45) is 4.99 Å². The van der Waals surface area contributed by atoms with Gasteiger partial charge < -0.3 is 9.47 Å². The first-order chi connectivity index (χ1) is 16.4. The van der Waals surface area contributed by atoms with Crippen molar-refractivity contribution >= 4 is 17.7 Å². The van der Waals surface area contributed by atoms with Crippen LogP contribution >= 0.6 is 0 Å². The second-order valence-corrected chi connectivity index (χ2v) is 8.61. The summed E-state index contributed by atoms with van der Waals surface area (Å²) < 4.78 is 10.3. The van der Waals surface area contributed by atoms with Crippen molar-refractivity contribution in [1.82, 2.24) is 0 Å². The Bertz CT molecular complexity index is 1080. The smallest absolute Gasteiger partial charge is 0.334 e. The molecule has 0 spiro atoms. The van der Waals surface area contributed by atoms with E-state index < -0.39 is 22.9 Å². The molecular weight excluding hydrogens is 426 g/mol. The Hall–Kier alpha value is -3.73. The van der Waals surface area contributed by atoms with Crippen LogP contribution in [0.4, 0.5) is 0 Å². The summed E-state index contributed by atoms with van der Waals surface area (Å²) in [5, 5.41) is 0. The molecule has 0 heterocycles. The fourth-order valence-electron chi connectivity index (χ4n) is 4.24. The summed E-state index contributed by atoms with van der Waals surface area (Å²) in [5.41, 5.74) is 1.07. The molecule has 34 heavy (non-hydrogen) atoms. The van der Waals surface area contributed by atoms with E-state index in [9.17, 15) is 9.59 Å². The standard InChI is InChI=1S/C29H31NO4/c1-28(2,24-18-12-7-13-19-24)29(27(32)34-4,21-20-25(31)33-3)30-26(22-14-8-5-9-15-22)23-16-10-6-11-17-23/h5-19H,20-21H2,1-4H3. The largest absolute Gasteiger partial charge is 0.469 e. The third kappa shape index (κ3) is 5.09. The number of hydrogen-bond donors (Lipinski definition) is 0. The zero-order valence-electron chi connectivity index (χ0n) is 20.2. The van der Waals surface area contributed by atoms with Crippen LogP contribution < -0.4 is 0 Å². The molecule has 0 radical (unpaired) electrons. The highest BCUT2D eigenvalue weighted by atomic mass is 16.5. The van der Waals surface area contributed by atoms with E-state index in [1.54, 1.807) is 0 Å². The van der Waals surface area contributed by atoms with Gasteiger partial charge in [0.2, 0.25) is 0 Å². The Morgan fingerprint density at radius 3 is 1.65 bits per heavy atom. The van der Waals surface area contributed by atoms with Crippen LogP contribution in [0.5, 0.6) is 0 Å². The van der Waals surface area contributed by atoms with Crippen molar-refractivity contribution < 1.29 is 19.1 Å². The van der Waals surface area contributed by atoms with Gasteiger partial charge in [0, 0.05) is 23.0 Å². The van der Waals surface area contributed by atoms with Gasteiger partial charge >= 0.3 is 11.9 Å². The average molecular weight is 458 g/mol. The van der Waals surface area contributed by atoms with Crippen LogP contribution in [-0.4, -0.2) is 37.4 Å². The molecule has 3 rings (SSSR count). The number of ether oxygens (including phenoxy) is 2. The van der Waals surface area contributed by atoms with Crippen LogP contribution in [0.1, 0.15) is 43.4 Å². The Labute approximate surface area is 201 Å². The average Bonchev–Trinajstić information content (AvgIpc) is 2.89. The molecule has 3 aromatic carbocycles. The van der Waals surface area contributed by atoms with E-state index in [0.717, 1.165) is 16.7 Å². The van der Waals surface area contributed by atoms with Gasteiger partial charge in [0.1, 0.15) is 0 Å². The summed E-state index contributed by atoms with van der Waals surface area (Å²) in [7, 11) is 2.70. The lowest BCUT2D eigenvalue weighted by Crippen LogP contribution is -2.54. The molecular formula is C29H31NO4. The van der Waals surface area contributed by atoms with Gasteiger partial charge in [0.15, 0.2) is 5.54 Å². The summed E-state index contributed by atoms with van der Waals surface area (Å²) in [5.74, 6) is -0.914. The summed E-state index contributed by atoms with van der Waals surface area (Å²) in [6.45, 7) is 3.93. The second kappa shape index (κ2) is 10.9. The fourth-order valence-corrected chi connectivity index (χ4v) is 4.24. The fraction of sp³-hybridized carbons (Fsp3) is 0.276. The maximum atomic E-state index is 13.7. The van der Waals surface area contributed by atoms with E-state index >= 15 is 0 Å². The highest BCUT2D eigenvalue weighted by Crippen LogP contribution is 2.43. The quantitative estimate of drug-likeness (QED) is 0.320. The number of carbonyl (C=O) groups is 2. The molecule has 0 saturated heterocycles. The van der Waals surface area contributed by atoms with Gasteiger partial charge in [0.05, 0.1) is 19.9 Å². The van der Waals surface area contributed by atoms with Gasteiger partial charge in [0.25, 0.3) is 0 Å². The molecule has 0 aromatic heterocycles. The molecule has 1 unspecified atom stereocenters. The second-order valence-electron chi connectivity index (χ2n) is 8.61. The molecule has 0 aliphatic carbocycles. The Kier molecular flexibility index (Phi) is 8.00. The highest BCUT2D eigenvalue weighted by Gasteiger charge is 2.53. The van der Waals surface area contributed by atoms with Crippen LogP contribution in [0, 0.1) is 0 Å². The van der Waals surface area contributed by atoms with E-state index in [4.69, 9.17) is 14.5 Å². The van der Waals surface area contributed by atoms with Crippen molar-refractivity contribution in [3.8, 4) is 0 Å². The van der Waals surface area contributed by atoms with E-state index in [0.29, 0.717) is 5.71 Å². The third-order valence-corrected chi connectivity index (χ3v) is 6.37. The molecule has 0 N–H and O–H groups in total. The first kappa shape index (κ1) is 24.9. The minimum atomic E-state index is -1.40. The lowest BCUT2D eigenvalue weighted by molar-refractivity contribution is -0.151. The van der Waals surface area contributed by atoms with E-state index in [1.165, 1.54) is 14.2 Å². The first-order valence-corrected chi connectivity index (χ1v) is 11.3. The summed E-state index contributed by atoms with van der Waals surface area (Å²) in [6.07, 6.45) is 0.139. The first-order valence-electron chi connectivity index (χ1n) is 11.3. The molecule has 0 aliphatic rings. The van der Waals surface area contributed by atoms with Crippen LogP contribution in [0.15, 0.2) is 96.0 Å². The lowest BCUT2D eigenvalue weighted by atomic mass is 9.65. The molecule has 5 heteroatoms. The van der Waals surface area contributed by atoms with E-state index in [2.05, 4.69) is 0 Å². The number of rotatable bonds is 9. The minimum Gasteiger partial charge on any atom is -0.469 e. The highest BCUT2D eigenvalue weighted by molar-refractivity contribution is 6.14. The Morgan fingerprint density at radius 2 is 1.21 bits per heavy atom. The molecule has 5 nitrogen and oxygen atoms in total. The van der Waals surface area contributed by atoms with Crippen molar-refractivity contribution in [1.29, 1.82) is 0 Å². The zero-order chi connectivity index (χ0) is 24.6. The van der Waals surface area contributed by atoms with Crippen molar-refractivity contribution in [2.75, 3.05) is 14.2 Å². The number of aliphatic imine (C=N–C) groups is 1. The lowest BCUT2D eigenvalue weighted by Gasteiger charge is -2.42. The van der Waals surface area contributed by atoms with E-state index in [1.807, 2.05) is 105 Å². The molecule has 3 aromatic rings. The predicted octanol–water partition coefficient (Wildman–Crippen LogP) is 5.37. The normalized spacial score (nSPS) is 12.8. The molecule has 0 saturated carbocycles. The van der Waals surface area contributed by atoms with Gasteiger partial charge in [-0.25, -0.2) is 4.79 Å². The van der Waals surface area contributed by atoms with Gasteiger partial charge in [-0.05, 0) is 12.0 Å². The minimum absolute atomic E-state index is 0.0161. The van der Waals surface area contributed by atoms with Gasteiger partial charge in [-0.1, -0.05) is 105 Å². The van der Waals surface area contributed by atoms with Crippen molar-refractivity contribution in [2.45, 2.75) is 37.6 Å². The summed E-state index contributed by atoms with van der Waals surface area (Å²) in [4.78, 5) is 31.1. The summed E-state index contributed by atoms with van der Waals surface area (Å²) >= 11 is 0. The summed E-state index contributed by atoms with van der Waals surface area (Å²) in [6, 6.07) is 29.2. The van der Waals surface area contributed by atoms with Gasteiger partial charge in [-0.15, -0.1) is 0 Å².